The highest BCUT2D eigenvalue weighted by Crippen LogP contribution is 2.30. The summed E-state index contributed by atoms with van der Waals surface area (Å²) in [6, 6.07) is 25.6. The molecule has 0 radical (unpaired) electrons. The maximum Gasteiger partial charge on any atom is 0.337 e. The van der Waals surface area contributed by atoms with Crippen LogP contribution < -0.4 is 11.2 Å². The Morgan fingerprint density at radius 2 is 1.54 bits per heavy atom. The van der Waals surface area contributed by atoms with Crippen molar-refractivity contribution in [1.82, 2.24) is 39.3 Å². The standard InChI is InChI=1S/C31H30N8O2/c1-3-10-26-32-29-27(30(40)37(19-4-2)31(41)39(29)23-11-6-5-7-12-23)38(26)20-21-15-17-22(18-16-21)24-13-8-9-14-25(24)28-33-35-36-34-28/h5-9,11-18H,3-4,10,19-20H2,1-2H3,(H,33,34,35,36). The van der Waals surface area contributed by atoms with E-state index < -0.39 is 0 Å². The number of aromatic amines is 1. The Morgan fingerprint density at radius 1 is 0.805 bits per heavy atom. The van der Waals surface area contributed by atoms with Crippen LogP contribution in [-0.2, 0) is 19.5 Å². The molecule has 206 valence electrons. The van der Waals surface area contributed by atoms with Crippen LogP contribution in [0.25, 0.3) is 39.4 Å². The zero-order valence-corrected chi connectivity index (χ0v) is 23.0. The summed E-state index contributed by atoms with van der Waals surface area (Å²) in [5.74, 6) is 1.39. The number of aromatic nitrogens is 8. The zero-order valence-electron chi connectivity index (χ0n) is 23.0. The van der Waals surface area contributed by atoms with Crippen LogP contribution >= 0.6 is 0 Å². The molecular weight excluding hydrogens is 516 g/mol. The first-order chi connectivity index (χ1) is 20.1. The Bertz CT molecular complexity index is 1920. The number of para-hydroxylation sites is 1. The molecule has 3 heterocycles. The van der Waals surface area contributed by atoms with E-state index in [9.17, 15) is 9.59 Å². The molecule has 0 saturated heterocycles. The maximum atomic E-state index is 13.8. The van der Waals surface area contributed by atoms with Crippen molar-refractivity contribution in [2.24, 2.45) is 0 Å². The van der Waals surface area contributed by atoms with Gasteiger partial charge in [0, 0.05) is 25.1 Å². The summed E-state index contributed by atoms with van der Waals surface area (Å²) < 4.78 is 4.89. The van der Waals surface area contributed by atoms with E-state index in [1.54, 1.807) is 4.57 Å². The Morgan fingerprint density at radius 3 is 2.22 bits per heavy atom. The molecule has 0 aliphatic rings. The second-order valence-corrected chi connectivity index (χ2v) is 9.94. The molecule has 0 bridgehead atoms. The molecule has 10 nitrogen and oxygen atoms in total. The van der Waals surface area contributed by atoms with E-state index >= 15 is 0 Å². The molecule has 10 heteroatoms. The predicted molar refractivity (Wildman–Crippen MR) is 158 cm³/mol. The second-order valence-electron chi connectivity index (χ2n) is 9.94. The third-order valence-electron chi connectivity index (χ3n) is 7.18. The molecule has 3 aromatic carbocycles. The van der Waals surface area contributed by atoms with Crippen LogP contribution in [0.1, 0.15) is 38.1 Å². The number of rotatable bonds is 9. The molecule has 0 fully saturated rings. The number of aryl methyl sites for hydroxylation is 1. The minimum absolute atomic E-state index is 0.305. The van der Waals surface area contributed by atoms with Crippen molar-refractivity contribution < 1.29 is 0 Å². The van der Waals surface area contributed by atoms with Gasteiger partial charge in [-0.2, -0.15) is 0 Å². The average Bonchev–Trinajstić information content (AvgIpc) is 3.66. The summed E-state index contributed by atoms with van der Waals surface area (Å²) in [6.45, 7) is 4.83. The number of nitrogens with zero attached hydrogens (tertiary/aromatic N) is 7. The van der Waals surface area contributed by atoms with E-state index in [-0.39, 0.29) is 11.2 Å². The Labute approximate surface area is 235 Å². The summed E-state index contributed by atoms with van der Waals surface area (Å²) in [5, 5.41) is 14.3. The number of nitrogens with one attached hydrogen (secondary N) is 1. The Hall–Kier alpha value is -5.12. The molecule has 6 aromatic rings. The van der Waals surface area contributed by atoms with E-state index in [1.165, 1.54) is 4.57 Å². The van der Waals surface area contributed by atoms with E-state index in [0.717, 1.165) is 34.5 Å². The monoisotopic (exact) mass is 546 g/mol. The highest BCUT2D eigenvalue weighted by atomic mass is 16.2. The summed E-state index contributed by atoms with van der Waals surface area (Å²) in [4.78, 5) is 32.3. The average molecular weight is 547 g/mol. The van der Waals surface area contributed by atoms with Crippen molar-refractivity contribution in [3.63, 3.8) is 0 Å². The number of benzene rings is 3. The van der Waals surface area contributed by atoms with Crippen molar-refractivity contribution in [3.8, 4) is 28.2 Å². The summed E-state index contributed by atoms with van der Waals surface area (Å²) >= 11 is 0. The van der Waals surface area contributed by atoms with Gasteiger partial charge < -0.3 is 4.57 Å². The molecule has 41 heavy (non-hydrogen) atoms. The highest BCUT2D eigenvalue weighted by molar-refractivity contribution is 5.80. The molecule has 1 N–H and O–H groups in total. The lowest BCUT2D eigenvalue weighted by atomic mass is 9.98. The van der Waals surface area contributed by atoms with Crippen LogP contribution in [0.3, 0.4) is 0 Å². The van der Waals surface area contributed by atoms with Crippen LogP contribution in [-0.4, -0.2) is 39.3 Å². The molecule has 0 atom stereocenters. The largest absolute Gasteiger partial charge is 0.337 e. The zero-order chi connectivity index (χ0) is 28.3. The lowest BCUT2D eigenvalue weighted by molar-refractivity contribution is 0.604. The fourth-order valence-corrected chi connectivity index (χ4v) is 5.28. The van der Waals surface area contributed by atoms with Crippen molar-refractivity contribution in [2.75, 3.05) is 0 Å². The van der Waals surface area contributed by atoms with Crippen LogP contribution in [0.2, 0.25) is 0 Å². The number of hydrogen-bond donors (Lipinski definition) is 1. The molecule has 0 aliphatic heterocycles. The van der Waals surface area contributed by atoms with Gasteiger partial charge in [0.15, 0.2) is 17.0 Å². The number of tetrazole rings is 1. The van der Waals surface area contributed by atoms with Gasteiger partial charge in [-0.25, -0.2) is 19.4 Å². The molecule has 0 aliphatic carbocycles. The first-order valence-corrected chi connectivity index (χ1v) is 13.8. The summed E-state index contributed by atoms with van der Waals surface area (Å²) in [5.41, 5.74) is 4.80. The minimum atomic E-state index is -0.367. The summed E-state index contributed by atoms with van der Waals surface area (Å²) in [6.07, 6.45) is 2.20. The van der Waals surface area contributed by atoms with Gasteiger partial charge in [0.2, 0.25) is 0 Å². The Balaban J connectivity index is 1.47. The normalized spacial score (nSPS) is 11.4. The molecule has 0 saturated carbocycles. The van der Waals surface area contributed by atoms with E-state index in [1.807, 2.05) is 66.1 Å². The lowest BCUT2D eigenvalue weighted by Crippen LogP contribution is -2.40. The molecular formula is C31H30N8O2. The number of hydrogen-bond acceptors (Lipinski definition) is 6. The van der Waals surface area contributed by atoms with Crippen molar-refractivity contribution in [3.05, 3.63) is 111 Å². The van der Waals surface area contributed by atoms with Crippen LogP contribution in [0.4, 0.5) is 0 Å². The lowest BCUT2D eigenvalue weighted by Gasteiger charge is -2.13. The summed E-state index contributed by atoms with van der Waals surface area (Å²) in [7, 11) is 0. The van der Waals surface area contributed by atoms with Crippen molar-refractivity contribution in [2.45, 2.75) is 46.2 Å². The quantitative estimate of drug-likeness (QED) is 0.283. The fourth-order valence-electron chi connectivity index (χ4n) is 5.28. The van der Waals surface area contributed by atoms with Gasteiger partial charge in [-0.05, 0) is 52.1 Å². The maximum absolute atomic E-state index is 13.8. The van der Waals surface area contributed by atoms with Crippen molar-refractivity contribution in [1.29, 1.82) is 0 Å². The van der Waals surface area contributed by atoms with Gasteiger partial charge in [-0.15, -0.1) is 5.10 Å². The van der Waals surface area contributed by atoms with E-state index in [4.69, 9.17) is 4.98 Å². The molecule has 0 unspecified atom stereocenters. The van der Waals surface area contributed by atoms with Crippen molar-refractivity contribution >= 4 is 11.2 Å². The van der Waals surface area contributed by atoms with Crippen LogP contribution in [0.5, 0.6) is 0 Å². The van der Waals surface area contributed by atoms with Gasteiger partial charge in [0.05, 0.1) is 5.69 Å². The second kappa shape index (κ2) is 11.2. The number of fused-ring (bicyclic) bond motifs is 1. The fraction of sp³-hybridized carbons (Fsp3) is 0.226. The molecule has 3 aromatic heterocycles. The SMILES string of the molecule is CCCc1nc2c(c(=O)n(CCC)c(=O)n2-c2ccccc2)n1Cc1ccc(-c2ccccc2-c2nnn[nH]2)cc1. The topological polar surface area (TPSA) is 116 Å². The Kier molecular flexibility index (Phi) is 7.11. The van der Waals surface area contributed by atoms with Gasteiger partial charge >= 0.3 is 5.69 Å². The van der Waals surface area contributed by atoms with Gasteiger partial charge in [0.1, 0.15) is 5.82 Å². The van der Waals surface area contributed by atoms with Gasteiger partial charge in [-0.3, -0.25) is 9.36 Å². The van der Waals surface area contributed by atoms with E-state index in [0.29, 0.717) is 48.6 Å². The third-order valence-corrected chi connectivity index (χ3v) is 7.18. The third kappa shape index (κ3) is 4.77. The first kappa shape index (κ1) is 26.1. The molecule has 6 rings (SSSR count). The molecule has 0 amide bonds. The molecule has 0 spiro atoms. The minimum Gasteiger partial charge on any atom is -0.318 e. The van der Waals surface area contributed by atoms with Crippen LogP contribution in [0.15, 0.2) is 88.5 Å². The van der Waals surface area contributed by atoms with E-state index in [2.05, 4.69) is 51.8 Å². The van der Waals surface area contributed by atoms with Gasteiger partial charge in [0.25, 0.3) is 5.56 Å². The van der Waals surface area contributed by atoms with Crippen LogP contribution in [0, 0.1) is 0 Å². The number of H-pyrrole nitrogens is 1. The number of imidazole rings is 1. The highest BCUT2D eigenvalue weighted by Gasteiger charge is 2.22. The first-order valence-electron chi connectivity index (χ1n) is 13.8. The van der Waals surface area contributed by atoms with Gasteiger partial charge in [-0.1, -0.05) is 80.6 Å². The smallest absolute Gasteiger partial charge is 0.318 e. The predicted octanol–water partition coefficient (Wildman–Crippen LogP) is 4.61.